The van der Waals surface area contributed by atoms with E-state index < -0.39 is 104 Å². The zero-order valence-corrected chi connectivity index (χ0v) is 35.4. The van der Waals surface area contributed by atoms with Crippen LogP contribution in [0.5, 0.6) is 5.75 Å². The number of nitrogens with zero attached hydrogens (tertiary/aromatic N) is 2. The van der Waals surface area contributed by atoms with Crippen LogP contribution in [0.3, 0.4) is 0 Å². The number of carboxylic acids is 1. The third kappa shape index (κ3) is 10.9. The van der Waals surface area contributed by atoms with E-state index in [0.717, 1.165) is 16.5 Å². The largest absolute Gasteiger partial charge is 0.508 e. The maximum Gasteiger partial charge on any atom is 0.355 e. The third-order valence-electron chi connectivity index (χ3n) is 10.8. The van der Waals surface area contributed by atoms with Gasteiger partial charge < -0.3 is 55.6 Å². The van der Waals surface area contributed by atoms with Gasteiger partial charge in [0.15, 0.2) is 0 Å². The Kier molecular flexibility index (Phi) is 14.9. The molecule has 21 nitrogen and oxygen atoms in total. The molecule has 2 atom stereocenters. The van der Waals surface area contributed by atoms with Crippen LogP contribution in [0.15, 0.2) is 59.4 Å². The van der Waals surface area contributed by atoms with Crippen molar-refractivity contribution in [2.45, 2.75) is 70.7 Å². The molecule has 2 aliphatic rings. The van der Waals surface area contributed by atoms with Crippen molar-refractivity contribution in [2.24, 2.45) is 0 Å². The van der Waals surface area contributed by atoms with Crippen LogP contribution in [0, 0.1) is 0 Å². The first-order valence-electron chi connectivity index (χ1n) is 20.7. The Morgan fingerprint density at radius 3 is 2.29 bits per heavy atom. The number of ether oxygens (including phenoxy) is 3. The van der Waals surface area contributed by atoms with Gasteiger partial charge in [-0.15, -0.1) is 0 Å². The zero-order valence-electron chi connectivity index (χ0n) is 35.4. The van der Waals surface area contributed by atoms with E-state index in [9.17, 15) is 48.3 Å². The van der Waals surface area contributed by atoms with Gasteiger partial charge in [-0.3, -0.25) is 33.6 Å². The van der Waals surface area contributed by atoms with E-state index in [1.54, 1.807) is 55.5 Å². The van der Waals surface area contributed by atoms with Gasteiger partial charge in [-0.05, 0) is 48.2 Å². The number of pyridine rings is 2. The topological polar surface area (TPSA) is 300 Å². The second kappa shape index (κ2) is 20.7. The number of esters is 2. The number of benzene rings is 2. The summed E-state index contributed by atoms with van der Waals surface area (Å²) in [6, 6.07) is 13.9. The summed E-state index contributed by atoms with van der Waals surface area (Å²) >= 11 is 0. The first-order chi connectivity index (χ1) is 31.1. The lowest BCUT2D eigenvalue weighted by molar-refractivity contribution is -0.192. The second-order valence-corrected chi connectivity index (χ2v) is 15.1. The van der Waals surface area contributed by atoms with Crippen molar-refractivity contribution < 1.29 is 62.8 Å². The number of fused-ring (bicyclic) bond motifs is 5. The number of hydrogen-bond donors (Lipinski definition) is 7. The zero-order chi connectivity index (χ0) is 46.8. The van der Waals surface area contributed by atoms with E-state index >= 15 is 0 Å². The van der Waals surface area contributed by atoms with Crippen LogP contribution in [-0.4, -0.2) is 106 Å². The van der Waals surface area contributed by atoms with Gasteiger partial charge in [-0.1, -0.05) is 44.2 Å². The van der Waals surface area contributed by atoms with Crippen molar-refractivity contribution in [3.8, 4) is 17.1 Å². The Hall–Kier alpha value is -7.68. The van der Waals surface area contributed by atoms with E-state index in [4.69, 9.17) is 24.3 Å². The quantitative estimate of drug-likeness (QED) is 0.0306. The van der Waals surface area contributed by atoms with Crippen LogP contribution in [0.4, 0.5) is 0 Å². The molecule has 2 aromatic heterocycles. The minimum atomic E-state index is -2.01. The molecule has 0 radical (unpaired) electrons. The number of aryl methyl sites for hydroxylation is 1. The molecule has 342 valence electrons. The Labute approximate surface area is 370 Å². The molecule has 4 heterocycles. The van der Waals surface area contributed by atoms with Crippen LogP contribution >= 0.6 is 0 Å². The molecule has 0 bridgehead atoms. The summed E-state index contributed by atoms with van der Waals surface area (Å²) in [5, 5.41) is 31.4. The molecule has 4 aromatic rings. The molecule has 6 rings (SSSR count). The van der Waals surface area contributed by atoms with Crippen LogP contribution in [0.1, 0.15) is 60.9 Å². The number of amides is 5. The van der Waals surface area contributed by atoms with E-state index in [1.165, 1.54) is 10.6 Å². The summed E-state index contributed by atoms with van der Waals surface area (Å²) in [6.07, 6.45) is -0.240. The summed E-state index contributed by atoms with van der Waals surface area (Å²) < 4.78 is 18.0. The predicted octanol–water partition coefficient (Wildman–Crippen LogP) is -0.0703. The lowest BCUT2D eigenvalue weighted by atomic mass is 9.85. The van der Waals surface area contributed by atoms with Crippen LogP contribution in [-0.2, 0) is 84.2 Å². The van der Waals surface area contributed by atoms with E-state index in [2.05, 4.69) is 26.6 Å². The number of carbonyl (C=O) groups is 8. The molecule has 5 amide bonds. The highest BCUT2D eigenvalue weighted by atomic mass is 16.6. The number of carboxylic acid groups (broad SMARTS) is 1. The average molecular weight is 898 g/mol. The van der Waals surface area contributed by atoms with Gasteiger partial charge in [-0.2, -0.15) is 0 Å². The number of rotatable bonds is 20. The summed E-state index contributed by atoms with van der Waals surface area (Å²) in [5.41, 5.74) is 1.78. The molecule has 2 aromatic carbocycles. The van der Waals surface area contributed by atoms with Crippen LogP contribution in [0.25, 0.3) is 22.3 Å². The molecule has 65 heavy (non-hydrogen) atoms. The molecule has 0 saturated heterocycles. The van der Waals surface area contributed by atoms with Crippen molar-refractivity contribution in [1.29, 1.82) is 0 Å². The molecular weight excluding hydrogens is 851 g/mol. The standard InChI is InChI=1S/C44H47N7O14/c1-3-26-27-15-25(52)10-11-31(27)50-40-28(26)20-51-33(40)16-30-29(42(51)61)21-64-43(62)44(30,4-2)65-39(59)22-63-23-48-36(55)18-47-41(60)32(14-24-8-6-5-7-9-24)49-37(56)19-46-35(54)17-45-34(53)12-13-38(57)58/h5-11,15-16,32,52H,3-4,12-14,17-23H2,1-2H3,(H,45,53)(H,46,54)(H,47,60)(H,48,55)(H,49,56)(H,57,58)/t32-,44-/m0/s1. The van der Waals surface area contributed by atoms with Gasteiger partial charge in [0.1, 0.15) is 31.7 Å². The van der Waals surface area contributed by atoms with Gasteiger partial charge >= 0.3 is 17.9 Å². The van der Waals surface area contributed by atoms with Crippen molar-refractivity contribution in [1.82, 2.24) is 36.1 Å². The van der Waals surface area contributed by atoms with Crippen molar-refractivity contribution >= 4 is 58.3 Å². The fourth-order valence-corrected chi connectivity index (χ4v) is 7.59. The minimum absolute atomic E-state index is 0.0147. The van der Waals surface area contributed by atoms with Gasteiger partial charge in [-0.25, -0.2) is 14.6 Å². The molecular formula is C44H47N7O14. The van der Waals surface area contributed by atoms with Gasteiger partial charge in [0.25, 0.3) is 5.56 Å². The first-order valence-corrected chi connectivity index (χ1v) is 20.7. The Morgan fingerprint density at radius 2 is 1.57 bits per heavy atom. The first kappa shape index (κ1) is 46.8. The third-order valence-corrected chi connectivity index (χ3v) is 10.8. The Morgan fingerprint density at radius 1 is 0.862 bits per heavy atom. The predicted molar refractivity (Wildman–Crippen MR) is 226 cm³/mol. The lowest BCUT2D eigenvalue weighted by Gasteiger charge is -2.35. The fourth-order valence-electron chi connectivity index (χ4n) is 7.59. The molecule has 0 unspecified atom stereocenters. The van der Waals surface area contributed by atoms with Crippen molar-refractivity contribution in [3.05, 3.63) is 92.8 Å². The minimum Gasteiger partial charge on any atom is -0.508 e. The highest BCUT2D eigenvalue weighted by Gasteiger charge is 2.50. The molecule has 0 spiro atoms. The number of aliphatic carboxylic acids is 1. The fraction of sp³-hybridized carbons (Fsp3) is 0.364. The molecule has 7 N–H and O–H groups in total. The second-order valence-electron chi connectivity index (χ2n) is 15.1. The SMILES string of the molecule is CCc1c2c(nc3ccc(O)cc13)-c1cc3c(c(=O)n1C2)COC(=O)[C@@]3(CC)OC(=O)COCNC(=O)CNC(=O)[C@H](Cc1ccccc1)NC(=O)CNC(=O)CNC(=O)CCC(=O)O. The molecule has 0 saturated carbocycles. The number of phenols is 1. The summed E-state index contributed by atoms with van der Waals surface area (Å²) in [4.78, 5) is 118. The molecule has 2 aliphatic heterocycles. The molecule has 21 heteroatoms. The maximum atomic E-state index is 14.0. The smallest absolute Gasteiger partial charge is 0.355 e. The monoisotopic (exact) mass is 897 g/mol. The number of aromatic hydroxyl groups is 1. The van der Waals surface area contributed by atoms with Crippen LogP contribution in [0.2, 0.25) is 0 Å². The lowest BCUT2D eigenvalue weighted by Crippen LogP contribution is -2.52. The summed E-state index contributed by atoms with van der Waals surface area (Å²) in [7, 11) is 0. The summed E-state index contributed by atoms with van der Waals surface area (Å²) in [6.45, 7) is 0.529. The number of hydrogen-bond acceptors (Lipinski definition) is 14. The molecule has 0 fully saturated rings. The number of cyclic esters (lactones) is 1. The Bertz CT molecular complexity index is 2610. The number of carbonyl (C=O) groups excluding carboxylic acids is 7. The highest BCUT2D eigenvalue weighted by molar-refractivity contribution is 5.94. The van der Waals surface area contributed by atoms with E-state index in [0.29, 0.717) is 28.9 Å². The summed E-state index contributed by atoms with van der Waals surface area (Å²) in [5.74, 6) is -6.62. The number of nitrogens with one attached hydrogen (secondary N) is 5. The van der Waals surface area contributed by atoms with Gasteiger partial charge in [0, 0.05) is 29.4 Å². The van der Waals surface area contributed by atoms with E-state index in [1.807, 2.05) is 6.92 Å². The van der Waals surface area contributed by atoms with Crippen LogP contribution < -0.4 is 32.1 Å². The Balaban J connectivity index is 1.02. The maximum absolute atomic E-state index is 14.0. The van der Waals surface area contributed by atoms with Crippen molar-refractivity contribution in [3.63, 3.8) is 0 Å². The molecule has 0 aliphatic carbocycles. The van der Waals surface area contributed by atoms with Crippen molar-refractivity contribution in [2.75, 3.05) is 33.0 Å². The number of phenolic OH excluding ortho intramolecular Hbond substituents is 1. The normalized spacial score (nSPS) is 15.0. The highest BCUT2D eigenvalue weighted by Crippen LogP contribution is 2.42. The average Bonchev–Trinajstić information content (AvgIpc) is 3.66. The van der Waals surface area contributed by atoms with Gasteiger partial charge in [0.05, 0.1) is 55.1 Å². The van der Waals surface area contributed by atoms with E-state index in [-0.39, 0.29) is 49.3 Å². The number of aromatic nitrogens is 2. The van der Waals surface area contributed by atoms with Gasteiger partial charge in [0.2, 0.25) is 35.1 Å².